The van der Waals surface area contributed by atoms with E-state index in [1.807, 2.05) is 17.7 Å². The lowest BCUT2D eigenvalue weighted by molar-refractivity contribution is -0.108. The molecule has 0 radical (unpaired) electrons. The van der Waals surface area contributed by atoms with Crippen molar-refractivity contribution in [3.8, 4) is 0 Å². The molecule has 0 spiro atoms. The fourth-order valence-electron chi connectivity index (χ4n) is 1.19. The highest BCUT2D eigenvalue weighted by atomic mass is 16.7. The van der Waals surface area contributed by atoms with Crippen molar-refractivity contribution in [3.05, 3.63) is 18.0 Å². The molecule has 13 heavy (non-hydrogen) atoms. The summed E-state index contributed by atoms with van der Waals surface area (Å²) in [5.41, 5.74) is 1.16. The minimum atomic E-state index is -0.136. The van der Waals surface area contributed by atoms with Crippen LogP contribution < -0.4 is 0 Å². The zero-order valence-electron chi connectivity index (χ0n) is 8.36. The van der Waals surface area contributed by atoms with Crippen LogP contribution in [0.25, 0.3) is 0 Å². The second-order valence-electron chi connectivity index (χ2n) is 2.89. The Balaban J connectivity index is 2.38. The number of hydrogen-bond acceptors (Lipinski definition) is 3. The Labute approximate surface area is 78.5 Å². The van der Waals surface area contributed by atoms with E-state index in [1.54, 1.807) is 20.4 Å². The van der Waals surface area contributed by atoms with Gasteiger partial charge in [-0.3, -0.25) is 4.68 Å². The molecule has 0 saturated carbocycles. The van der Waals surface area contributed by atoms with Gasteiger partial charge in [-0.2, -0.15) is 5.10 Å². The summed E-state index contributed by atoms with van der Waals surface area (Å²) in [6, 6.07) is 1.98. The van der Waals surface area contributed by atoms with Crippen molar-refractivity contribution in [2.45, 2.75) is 26.2 Å². The molecule has 0 aliphatic rings. The predicted molar refractivity (Wildman–Crippen MR) is 49.4 cm³/mol. The van der Waals surface area contributed by atoms with Gasteiger partial charge in [0.15, 0.2) is 6.29 Å². The summed E-state index contributed by atoms with van der Waals surface area (Å²) in [6.45, 7) is 2.85. The van der Waals surface area contributed by atoms with Crippen molar-refractivity contribution < 1.29 is 9.47 Å². The first-order valence-electron chi connectivity index (χ1n) is 4.32. The van der Waals surface area contributed by atoms with Crippen molar-refractivity contribution in [1.29, 1.82) is 0 Å². The van der Waals surface area contributed by atoms with Crippen LogP contribution in [0.1, 0.15) is 12.1 Å². The lowest BCUT2D eigenvalue weighted by Gasteiger charge is -2.13. The van der Waals surface area contributed by atoms with Gasteiger partial charge >= 0.3 is 0 Å². The molecule has 1 aromatic rings. The molecule has 0 fully saturated rings. The van der Waals surface area contributed by atoms with E-state index in [1.165, 1.54) is 0 Å². The summed E-state index contributed by atoms with van der Waals surface area (Å²) in [6.07, 6.45) is 2.48. The monoisotopic (exact) mass is 184 g/mol. The first-order chi connectivity index (χ1) is 6.27. The number of hydrogen-bond donors (Lipinski definition) is 0. The van der Waals surface area contributed by atoms with Gasteiger partial charge in [0.1, 0.15) is 0 Å². The van der Waals surface area contributed by atoms with E-state index in [0.717, 1.165) is 18.7 Å². The van der Waals surface area contributed by atoms with Crippen molar-refractivity contribution in [1.82, 2.24) is 9.78 Å². The molecule has 0 amide bonds. The van der Waals surface area contributed by atoms with Gasteiger partial charge in [-0.05, 0) is 13.0 Å². The Kier molecular flexibility index (Phi) is 3.92. The van der Waals surface area contributed by atoms with Gasteiger partial charge in [0, 0.05) is 39.1 Å². The zero-order chi connectivity index (χ0) is 9.68. The maximum Gasteiger partial charge on any atom is 0.158 e. The molecule has 74 valence electrons. The summed E-state index contributed by atoms with van der Waals surface area (Å²) in [5.74, 6) is 0. The molecule has 4 heteroatoms. The highest BCUT2D eigenvalue weighted by Crippen LogP contribution is 2.02. The van der Waals surface area contributed by atoms with Crippen LogP contribution in [0.15, 0.2) is 12.3 Å². The third-order valence-electron chi connectivity index (χ3n) is 2.03. The topological polar surface area (TPSA) is 36.3 Å². The first kappa shape index (κ1) is 10.2. The number of nitrogens with zero attached hydrogens (tertiary/aromatic N) is 2. The molecule has 0 bridgehead atoms. The van der Waals surface area contributed by atoms with Crippen LogP contribution in [0.5, 0.6) is 0 Å². The lowest BCUT2D eigenvalue weighted by atomic mass is 10.4. The molecule has 0 aliphatic carbocycles. The van der Waals surface area contributed by atoms with Crippen molar-refractivity contribution >= 4 is 0 Å². The van der Waals surface area contributed by atoms with Crippen molar-refractivity contribution in [3.63, 3.8) is 0 Å². The molecule has 4 nitrogen and oxygen atoms in total. The van der Waals surface area contributed by atoms with E-state index < -0.39 is 0 Å². The van der Waals surface area contributed by atoms with E-state index in [2.05, 4.69) is 5.10 Å². The van der Waals surface area contributed by atoms with Crippen LogP contribution in [-0.2, 0) is 16.0 Å². The Hall–Kier alpha value is -0.870. The van der Waals surface area contributed by atoms with Crippen LogP contribution in [0.2, 0.25) is 0 Å². The first-order valence-corrected chi connectivity index (χ1v) is 4.32. The molecule has 0 unspecified atom stereocenters. The molecule has 1 rings (SSSR count). The van der Waals surface area contributed by atoms with Gasteiger partial charge in [0.05, 0.1) is 0 Å². The average molecular weight is 184 g/mol. The fraction of sp³-hybridized carbons (Fsp3) is 0.667. The molecular weight excluding hydrogens is 168 g/mol. The standard InChI is InChI=1S/C9H16N2O2/c1-8-4-6-10-11(8)7-5-9(12-2)13-3/h4,6,9H,5,7H2,1-3H3. The van der Waals surface area contributed by atoms with Crippen molar-refractivity contribution in [2.24, 2.45) is 0 Å². The summed E-state index contributed by atoms with van der Waals surface area (Å²) in [7, 11) is 3.29. The van der Waals surface area contributed by atoms with E-state index in [4.69, 9.17) is 9.47 Å². The van der Waals surface area contributed by atoms with Gasteiger partial charge in [-0.1, -0.05) is 0 Å². The number of aryl methyl sites for hydroxylation is 2. The molecule has 0 aliphatic heterocycles. The number of methoxy groups -OCH3 is 2. The van der Waals surface area contributed by atoms with Gasteiger partial charge in [0.25, 0.3) is 0 Å². The third kappa shape index (κ3) is 2.82. The number of aromatic nitrogens is 2. The largest absolute Gasteiger partial charge is 0.356 e. The van der Waals surface area contributed by atoms with Crippen LogP contribution in [0, 0.1) is 6.92 Å². The van der Waals surface area contributed by atoms with E-state index in [-0.39, 0.29) is 6.29 Å². The summed E-state index contributed by atoms with van der Waals surface area (Å²) < 4.78 is 12.1. The van der Waals surface area contributed by atoms with Gasteiger partial charge in [0.2, 0.25) is 0 Å². The zero-order valence-corrected chi connectivity index (χ0v) is 8.36. The normalized spacial score (nSPS) is 11.1. The minimum absolute atomic E-state index is 0.136. The van der Waals surface area contributed by atoms with Crippen LogP contribution in [0.4, 0.5) is 0 Å². The highest BCUT2D eigenvalue weighted by molar-refractivity contribution is 4.96. The van der Waals surface area contributed by atoms with Crippen LogP contribution in [-0.4, -0.2) is 30.3 Å². The lowest BCUT2D eigenvalue weighted by Crippen LogP contribution is -2.16. The molecule has 1 heterocycles. The second-order valence-corrected chi connectivity index (χ2v) is 2.89. The predicted octanol–water partition coefficient (Wildman–Crippen LogP) is 1.20. The smallest absolute Gasteiger partial charge is 0.158 e. The van der Waals surface area contributed by atoms with Crippen LogP contribution in [0.3, 0.4) is 0 Å². The van der Waals surface area contributed by atoms with Crippen molar-refractivity contribution in [2.75, 3.05) is 14.2 Å². The maximum atomic E-state index is 5.07. The molecule has 0 saturated heterocycles. The van der Waals surface area contributed by atoms with E-state index >= 15 is 0 Å². The number of rotatable bonds is 5. The van der Waals surface area contributed by atoms with E-state index in [0.29, 0.717) is 0 Å². The Morgan fingerprint density at radius 1 is 1.46 bits per heavy atom. The number of ether oxygens (including phenoxy) is 2. The molecule has 0 aromatic carbocycles. The maximum absolute atomic E-state index is 5.07. The minimum Gasteiger partial charge on any atom is -0.356 e. The summed E-state index contributed by atoms with van der Waals surface area (Å²) >= 11 is 0. The van der Waals surface area contributed by atoms with Gasteiger partial charge in [-0.25, -0.2) is 0 Å². The molecule has 0 N–H and O–H groups in total. The highest BCUT2D eigenvalue weighted by Gasteiger charge is 2.05. The Bertz CT molecular complexity index is 244. The van der Waals surface area contributed by atoms with Gasteiger partial charge < -0.3 is 9.47 Å². The second kappa shape index (κ2) is 4.99. The van der Waals surface area contributed by atoms with Gasteiger partial charge in [-0.15, -0.1) is 0 Å². The third-order valence-corrected chi connectivity index (χ3v) is 2.03. The molecule has 0 atom stereocenters. The summed E-state index contributed by atoms with van der Waals surface area (Å²) in [4.78, 5) is 0. The average Bonchev–Trinajstić information content (AvgIpc) is 2.54. The fourth-order valence-corrected chi connectivity index (χ4v) is 1.19. The summed E-state index contributed by atoms with van der Waals surface area (Å²) in [5, 5.41) is 4.16. The quantitative estimate of drug-likeness (QED) is 0.645. The molecule has 1 aromatic heterocycles. The van der Waals surface area contributed by atoms with Crippen LogP contribution >= 0.6 is 0 Å². The molecular formula is C9H16N2O2. The Morgan fingerprint density at radius 2 is 2.15 bits per heavy atom. The SMILES string of the molecule is COC(CCn1nccc1C)OC. The Morgan fingerprint density at radius 3 is 2.62 bits per heavy atom. The van der Waals surface area contributed by atoms with E-state index in [9.17, 15) is 0 Å².